The number of aryl methyl sites for hydroxylation is 1. The van der Waals surface area contributed by atoms with Gasteiger partial charge in [0.1, 0.15) is 5.82 Å². The van der Waals surface area contributed by atoms with Crippen LogP contribution in [0.5, 0.6) is 0 Å². The molecule has 0 fully saturated rings. The average Bonchev–Trinajstić information content (AvgIpc) is 2.71. The number of nitrogen functional groups attached to an aromatic ring is 1. The molecule has 2 aromatic rings. The standard InChI is InChI=1S/C12H14FIN4/c1-18-7-8(6-17-18)2-3-16-12-4-9(13)10(14)5-11(12)15/h4-7,16H,2-3,15H2,1H3. The number of aromatic nitrogens is 2. The van der Waals surface area contributed by atoms with Gasteiger partial charge in [-0.2, -0.15) is 5.10 Å². The number of anilines is 2. The third-order valence-electron chi connectivity index (χ3n) is 2.58. The lowest BCUT2D eigenvalue weighted by molar-refractivity contribution is 0.621. The second-order valence-corrected chi connectivity index (χ2v) is 5.21. The zero-order valence-corrected chi connectivity index (χ0v) is 12.1. The van der Waals surface area contributed by atoms with Crippen LogP contribution in [0.4, 0.5) is 15.8 Å². The van der Waals surface area contributed by atoms with Gasteiger partial charge >= 0.3 is 0 Å². The second kappa shape index (κ2) is 5.55. The van der Waals surface area contributed by atoms with Gasteiger partial charge in [0.25, 0.3) is 0 Å². The number of nitrogens with two attached hydrogens (primary N) is 1. The molecule has 0 aliphatic carbocycles. The molecule has 4 nitrogen and oxygen atoms in total. The number of nitrogens with zero attached hydrogens (tertiary/aromatic N) is 2. The molecule has 0 spiro atoms. The van der Waals surface area contributed by atoms with Crippen molar-refractivity contribution in [1.82, 2.24) is 9.78 Å². The SMILES string of the molecule is Cn1cc(CCNc2cc(F)c(I)cc2N)cn1. The predicted molar refractivity (Wildman–Crippen MR) is 78.9 cm³/mol. The van der Waals surface area contributed by atoms with Gasteiger partial charge in [0, 0.05) is 25.9 Å². The van der Waals surface area contributed by atoms with Crippen LogP contribution in [0.25, 0.3) is 0 Å². The highest BCUT2D eigenvalue weighted by Gasteiger charge is 2.05. The summed E-state index contributed by atoms with van der Waals surface area (Å²) < 4.78 is 15.7. The summed E-state index contributed by atoms with van der Waals surface area (Å²) in [5, 5.41) is 7.22. The fourth-order valence-corrected chi connectivity index (χ4v) is 2.15. The summed E-state index contributed by atoms with van der Waals surface area (Å²) in [7, 11) is 1.88. The maximum atomic E-state index is 13.4. The van der Waals surface area contributed by atoms with Crippen LogP contribution in [0.2, 0.25) is 0 Å². The molecule has 0 atom stereocenters. The molecule has 2 rings (SSSR count). The van der Waals surface area contributed by atoms with Gasteiger partial charge in [0.2, 0.25) is 0 Å². The van der Waals surface area contributed by atoms with Gasteiger partial charge in [-0.15, -0.1) is 0 Å². The van der Waals surface area contributed by atoms with Crippen LogP contribution >= 0.6 is 22.6 Å². The first-order valence-electron chi connectivity index (χ1n) is 5.52. The van der Waals surface area contributed by atoms with Crippen molar-refractivity contribution in [2.45, 2.75) is 6.42 Å². The van der Waals surface area contributed by atoms with E-state index in [1.54, 1.807) is 10.7 Å². The van der Waals surface area contributed by atoms with Crippen molar-refractivity contribution in [3.05, 3.63) is 39.5 Å². The predicted octanol–water partition coefficient (Wildman–Crippen LogP) is 2.40. The second-order valence-electron chi connectivity index (χ2n) is 4.05. The van der Waals surface area contributed by atoms with Gasteiger partial charge in [-0.3, -0.25) is 4.68 Å². The Hall–Kier alpha value is -1.31. The third-order valence-corrected chi connectivity index (χ3v) is 3.41. The minimum Gasteiger partial charge on any atom is -0.397 e. The molecule has 0 aliphatic rings. The summed E-state index contributed by atoms with van der Waals surface area (Å²) in [6.07, 6.45) is 4.60. The first-order chi connectivity index (χ1) is 8.56. The van der Waals surface area contributed by atoms with Crippen LogP contribution in [0.3, 0.4) is 0 Å². The van der Waals surface area contributed by atoms with Gasteiger partial charge in [0.15, 0.2) is 0 Å². The van der Waals surface area contributed by atoms with E-state index in [2.05, 4.69) is 10.4 Å². The van der Waals surface area contributed by atoms with Crippen LogP contribution in [0, 0.1) is 9.39 Å². The van der Waals surface area contributed by atoms with E-state index in [-0.39, 0.29) is 5.82 Å². The molecule has 1 heterocycles. The van der Waals surface area contributed by atoms with Crippen LogP contribution in [-0.4, -0.2) is 16.3 Å². The van der Waals surface area contributed by atoms with E-state index in [0.29, 0.717) is 21.5 Å². The van der Waals surface area contributed by atoms with Crippen molar-refractivity contribution in [1.29, 1.82) is 0 Å². The van der Waals surface area contributed by atoms with Crippen LogP contribution in [-0.2, 0) is 13.5 Å². The average molecular weight is 360 g/mol. The molecule has 3 N–H and O–H groups in total. The smallest absolute Gasteiger partial charge is 0.138 e. The summed E-state index contributed by atoms with van der Waals surface area (Å²) in [4.78, 5) is 0. The van der Waals surface area contributed by atoms with Gasteiger partial charge in [-0.1, -0.05) is 0 Å². The molecular formula is C12H14FIN4. The highest BCUT2D eigenvalue weighted by atomic mass is 127. The van der Waals surface area contributed by atoms with Gasteiger partial charge < -0.3 is 11.1 Å². The highest BCUT2D eigenvalue weighted by Crippen LogP contribution is 2.23. The van der Waals surface area contributed by atoms with Gasteiger partial charge in [0.05, 0.1) is 21.1 Å². The number of rotatable bonds is 4. The molecule has 96 valence electrons. The maximum absolute atomic E-state index is 13.4. The Morgan fingerprint density at radius 1 is 1.50 bits per heavy atom. The Morgan fingerprint density at radius 3 is 2.94 bits per heavy atom. The first kappa shape index (κ1) is 13.1. The Morgan fingerprint density at radius 2 is 2.28 bits per heavy atom. The zero-order chi connectivity index (χ0) is 13.1. The van der Waals surface area contributed by atoms with Crippen molar-refractivity contribution >= 4 is 34.0 Å². The molecule has 1 aromatic carbocycles. The topological polar surface area (TPSA) is 55.9 Å². The highest BCUT2D eigenvalue weighted by molar-refractivity contribution is 14.1. The lowest BCUT2D eigenvalue weighted by Crippen LogP contribution is -2.07. The molecule has 1 aromatic heterocycles. The van der Waals surface area contributed by atoms with Crippen LogP contribution < -0.4 is 11.1 Å². The Bertz CT molecular complexity index is 553. The van der Waals surface area contributed by atoms with Crippen LogP contribution in [0.15, 0.2) is 24.5 Å². The summed E-state index contributed by atoms with van der Waals surface area (Å²) in [5.74, 6) is -0.256. The van der Waals surface area contributed by atoms with E-state index in [9.17, 15) is 4.39 Å². The summed E-state index contributed by atoms with van der Waals surface area (Å²) in [5.41, 5.74) is 8.16. The summed E-state index contributed by atoms with van der Waals surface area (Å²) in [6.45, 7) is 0.690. The normalized spacial score (nSPS) is 10.6. The third kappa shape index (κ3) is 3.12. The minimum absolute atomic E-state index is 0.256. The number of hydrogen-bond acceptors (Lipinski definition) is 3. The lowest BCUT2D eigenvalue weighted by Gasteiger charge is -2.09. The molecule has 0 amide bonds. The summed E-state index contributed by atoms with van der Waals surface area (Å²) in [6, 6.07) is 3.06. The van der Waals surface area contributed by atoms with Crippen molar-refractivity contribution in [3.63, 3.8) is 0 Å². The molecule has 0 saturated heterocycles. The minimum atomic E-state index is -0.256. The largest absolute Gasteiger partial charge is 0.397 e. The van der Waals surface area contributed by atoms with E-state index in [0.717, 1.165) is 12.0 Å². The zero-order valence-electron chi connectivity index (χ0n) is 9.95. The van der Waals surface area contributed by atoms with E-state index in [1.807, 2.05) is 42.0 Å². The molecule has 0 radical (unpaired) electrons. The van der Waals surface area contributed by atoms with E-state index < -0.39 is 0 Å². The molecule has 6 heteroatoms. The van der Waals surface area contributed by atoms with Gasteiger partial charge in [-0.05, 0) is 40.6 Å². The molecular weight excluding hydrogens is 346 g/mol. The lowest BCUT2D eigenvalue weighted by atomic mass is 10.2. The van der Waals surface area contributed by atoms with E-state index in [1.165, 1.54) is 6.07 Å². The fraction of sp³-hybridized carbons (Fsp3) is 0.250. The number of nitrogens with one attached hydrogen (secondary N) is 1. The van der Waals surface area contributed by atoms with Crippen LogP contribution in [0.1, 0.15) is 5.56 Å². The molecule has 0 bridgehead atoms. The summed E-state index contributed by atoms with van der Waals surface area (Å²) >= 11 is 1.92. The van der Waals surface area contributed by atoms with Gasteiger partial charge in [-0.25, -0.2) is 4.39 Å². The number of benzene rings is 1. The monoisotopic (exact) mass is 360 g/mol. The van der Waals surface area contributed by atoms with E-state index >= 15 is 0 Å². The quantitative estimate of drug-likeness (QED) is 0.651. The Labute approximate surface area is 119 Å². The molecule has 18 heavy (non-hydrogen) atoms. The Kier molecular flexibility index (Phi) is 4.05. The Balaban J connectivity index is 1.96. The van der Waals surface area contributed by atoms with Crippen molar-refractivity contribution < 1.29 is 4.39 Å². The fourth-order valence-electron chi connectivity index (χ4n) is 1.66. The molecule has 0 saturated carbocycles. The van der Waals surface area contributed by atoms with Crippen molar-refractivity contribution in [2.75, 3.05) is 17.6 Å². The van der Waals surface area contributed by atoms with E-state index in [4.69, 9.17) is 5.73 Å². The molecule has 0 aliphatic heterocycles. The number of hydrogen-bond donors (Lipinski definition) is 2. The van der Waals surface area contributed by atoms with Crippen molar-refractivity contribution in [2.24, 2.45) is 7.05 Å². The van der Waals surface area contributed by atoms with Crippen molar-refractivity contribution in [3.8, 4) is 0 Å². The molecule has 0 unspecified atom stereocenters. The number of halogens is 2. The first-order valence-corrected chi connectivity index (χ1v) is 6.60. The maximum Gasteiger partial charge on any atom is 0.138 e.